The van der Waals surface area contributed by atoms with E-state index in [9.17, 15) is 24.3 Å². The van der Waals surface area contributed by atoms with Crippen LogP contribution in [0.2, 0.25) is 0 Å². The van der Waals surface area contributed by atoms with Crippen LogP contribution >= 0.6 is 0 Å². The molecule has 0 aromatic carbocycles. The van der Waals surface area contributed by atoms with Crippen molar-refractivity contribution in [2.75, 3.05) is 13.1 Å². The first-order valence-corrected chi connectivity index (χ1v) is 11.2. The van der Waals surface area contributed by atoms with Crippen molar-refractivity contribution < 1.29 is 24.3 Å². The number of nitrogens with one attached hydrogen (secondary N) is 3. The molecular weight excluding hydrogens is 426 g/mol. The number of hydrogen-bond donors (Lipinski definition) is 5. The lowest BCUT2D eigenvalue weighted by Crippen LogP contribution is -2.60. The summed E-state index contributed by atoms with van der Waals surface area (Å²) in [5, 5.41) is 18.3. The number of likely N-dealkylation sites (tertiary alicyclic amines) is 1. The van der Waals surface area contributed by atoms with E-state index < -0.39 is 53.4 Å². The van der Waals surface area contributed by atoms with Crippen LogP contribution in [0.5, 0.6) is 0 Å². The number of aliphatic hydroxyl groups excluding tert-OH is 1. The third-order valence-corrected chi connectivity index (χ3v) is 5.70. The lowest BCUT2D eigenvalue weighted by molar-refractivity contribution is -0.143. The molecule has 0 bridgehead atoms. The van der Waals surface area contributed by atoms with Gasteiger partial charge in [-0.2, -0.15) is 0 Å². The molecule has 3 unspecified atom stereocenters. The van der Waals surface area contributed by atoms with Gasteiger partial charge in [0.05, 0.1) is 6.04 Å². The number of amides is 5. The first-order chi connectivity index (χ1) is 15.4. The lowest BCUT2D eigenvalue weighted by Gasteiger charge is -2.36. The topological polar surface area (TPSA) is 154 Å². The molecule has 0 aromatic rings. The van der Waals surface area contributed by atoms with Crippen LogP contribution < -0.4 is 21.7 Å². The Hall–Kier alpha value is -2.88. The maximum absolute atomic E-state index is 13.4. The van der Waals surface area contributed by atoms with Crippen molar-refractivity contribution in [2.24, 2.45) is 17.1 Å². The second kappa shape index (κ2) is 12.4. The van der Waals surface area contributed by atoms with Gasteiger partial charge in [0.1, 0.15) is 12.1 Å². The van der Waals surface area contributed by atoms with E-state index in [0.29, 0.717) is 25.8 Å². The van der Waals surface area contributed by atoms with E-state index in [1.807, 2.05) is 6.92 Å². The fraction of sp³-hybridized carbons (Fsp3) is 0.652. The molecule has 1 rings (SSSR count). The molecule has 6 N–H and O–H groups in total. The molecule has 1 fully saturated rings. The van der Waals surface area contributed by atoms with E-state index in [-0.39, 0.29) is 12.5 Å². The molecule has 10 heteroatoms. The molecule has 0 saturated carbocycles. The Morgan fingerprint density at radius 3 is 2.33 bits per heavy atom. The van der Waals surface area contributed by atoms with Crippen molar-refractivity contribution in [1.29, 1.82) is 0 Å². The van der Waals surface area contributed by atoms with Crippen molar-refractivity contribution in [2.45, 2.75) is 71.2 Å². The summed E-state index contributed by atoms with van der Waals surface area (Å²) in [6, 6.07) is -3.49. The second-order valence-corrected chi connectivity index (χ2v) is 9.35. The molecule has 5 amide bonds. The molecule has 1 saturated heterocycles. The van der Waals surface area contributed by atoms with Gasteiger partial charge in [0.2, 0.25) is 11.8 Å². The summed E-state index contributed by atoms with van der Waals surface area (Å²) in [5.74, 6) is -1.86. The maximum Gasteiger partial charge on any atom is 0.312 e. The minimum absolute atomic E-state index is 0.188. The van der Waals surface area contributed by atoms with Gasteiger partial charge in [-0.15, -0.1) is 13.2 Å². The van der Waals surface area contributed by atoms with E-state index in [1.165, 1.54) is 11.0 Å². The summed E-state index contributed by atoms with van der Waals surface area (Å²) in [7, 11) is 0. The molecule has 0 radical (unpaired) electrons. The Bertz CT molecular complexity index is 748. The largest absolute Gasteiger partial charge is 0.381 e. The first-order valence-electron chi connectivity index (χ1n) is 11.2. The zero-order valence-corrected chi connectivity index (χ0v) is 20.1. The summed E-state index contributed by atoms with van der Waals surface area (Å²) in [4.78, 5) is 51.9. The molecule has 0 aliphatic carbocycles. The highest BCUT2D eigenvalue weighted by Gasteiger charge is 2.45. The van der Waals surface area contributed by atoms with Crippen molar-refractivity contribution >= 4 is 23.8 Å². The van der Waals surface area contributed by atoms with E-state index in [4.69, 9.17) is 5.73 Å². The van der Waals surface area contributed by atoms with Gasteiger partial charge in [-0.1, -0.05) is 46.3 Å². The van der Waals surface area contributed by atoms with Crippen LogP contribution in [0, 0.1) is 11.3 Å². The maximum atomic E-state index is 13.4. The number of nitrogens with two attached hydrogens (primary N) is 1. The van der Waals surface area contributed by atoms with E-state index in [1.54, 1.807) is 26.8 Å². The molecule has 1 aliphatic heterocycles. The fourth-order valence-corrected chi connectivity index (χ4v) is 3.95. The number of aliphatic hydroxyl groups is 1. The first kappa shape index (κ1) is 28.2. The molecule has 1 aliphatic rings. The standard InChI is InChI=1S/C23H39N5O5/c1-7-10-15(17(29)20(31)25-12-8-2)26-19(30)16-14(9-3)11-13-28(16)21(32)18(23(4,5)6)27-22(24)33/h8-9,14-18,29H,2-3,7,10-13H2,1,4-6H3,(H,25,31)(H,26,30)(H3,24,27,33)/t14-,15?,16?,17?,18+/m0/s1. The van der Waals surface area contributed by atoms with Crippen LogP contribution in [-0.2, 0) is 14.4 Å². The highest BCUT2D eigenvalue weighted by Crippen LogP contribution is 2.30. The third kappa shape index (κ3) is 7.59. The van der Waals surface area contributed by atoms with Gasteiger partial charge >= 0.3 is 6.03 Å². The number of carbonyl (C=O) groups excluding carboxylic acids is 4. The Kier molecular flexibility index (Phi) is 10.6. The van der Waals surface area contributed by atoms with Crippen LogP contribution in [0.25, 0.3) is 0 Å². The minimum atomic E-state index is -1.46. The fourth-order valence-electron chi connectivity index (χ4n) is 3.95. The van der Waals surface area contributed by atoms with Crippen LogP contribution in [-0.4, -0.2) is 71.1 Å². The number of carbonyl (C=O) groups is 4. The summed E-state index contributed by atoms with van der Waals surface area (Å²) in [6.45, 7) is 15.0. The predicted molar refractivity (Wildman–Crippen MR) is 126 cm³/mol. The highest BCUT2D eigenvalue weighted by molar-refractivity contribution is 5.93. The van der Waals surface area contributed by atoms with Crippen molar-refractivity contribution in [3.63, 3.8) is 0 Å². The van der Waals surface area contributed by atoms with Crippen molar-refractivity contribution in [3.8, 4) is 0 Å². The monoisotopic (exact) mass is 465 g/mol. The summed E-state index contributed by atoms with van der Waals surface area (Å²) in [5.41, 5.74) is 4.63. The molecule has 10 nitrogen and oxygen atoms in total. The molecule has 186 valence electrons. The highest BCUT2D eigenvalue weighted by atomic mass is 16.3. The van der Waals surface area contributed by atoms with Crippen molar-refractivity contribution in [1.82, 2.24) is 20.9 Å². The van der Waals surface area contributed by atoms with Gasteiger partial charge in [0.25, 0.3) is 5.91 Å². The molecule has 1 heterocycles. The number of urea groups is 1. The average Bonchev–Trinajstić information content (AvgIpc) is 3.17. The normalized spacial score (nSPS) is 20.8. The Labute approximate surface area is 196 Å². The molecular formula is C23H39N5O5. The van der Waals surface area contributed by atoms with Crippen LogP contribution in [0.3, 0.4) is 0 Å². The second-order valence-electron chi connectivity index (χ2n) is 9.35. The quantitative estimate of drug-likeness (QED) is 0.280. The molecule has 0 aromatic heterocycles. The van der Waals surface area contributed by atoms with Crippen molar-refractivity contribution in [3.05, 3.63) is 25.3 Å². The van der Waals surface area contributed by atoms with Gasteiger partial charge in [-0.25, -0.2) is 4.79 Å². The molecule has 5 atom stereocenters. The third-order valence-electron chi connectivity index (χ3n) is 5.70. The van der Waals surface area contributed by atoms with Crippen LogP contribution in [0.4, 0.5) is 4.79 Å². The summed E-state index contributed by atoms with van der Waals surface area (Å²) in [6.07, 6.45) is 3.14. The SMILES string of the molecule is C=CCNC(=O)C(O)C(CCC)NC(=O)C1[C@@H](C=C)CCN1C(=O)[C@@H](NC(N)=O)C(C)(C)C. The van der Waals surface area contributed by atoms with Gasteiger partial charge in [0, 0.05) is 19.0 Å². The zero-order valence-electron chi connectivity index (χ0n) is 20.1. The minimum Gasteiger partial charge on any atom is -0.381 e. The number of rotatable bonds is 11. The van der Waals surface area contributed by atoms with Crippen LogP contribution in [0.1, 0.15) is 47.0 Å². The van der Waals surface area contributed by atoms with Crippen LogP contribution in [0.15, 0.2) is 25.3 Å². The van der Waals surface area contributed by atoms with E-state index in [0.717, 1.165) is 0 Å². The van der Waals surface area contributed by atoms with E-state index >= 15 is 0 Å². The van der Waals surface area contributed by atoms with Gasteiger partial charge in [-0.05, 0) is 18.3 Å². The predicted octanol–water partition coefficient (Wildman–Crippen LogP) is 0.421. The smallest absolute Gasteiger partial charge is 0.312 e. The average molecular weight is 466 g/mol. The van der Waals surface area contributed by atoms with Gasteiger partial charge in [-0.3, -0.25) is 14.4 Å². The number of primary amides is 1. The number of nitrogens with zero attached hydrogens (tertiary/aromatic N) is 1. The summed E-state index contributed by atoms with van der Waals surface area (Å²) >= 11 is 0. The zero-order chi connectivity index (χ0) is 25.3. The molecule has 0 spiro atoms. The Balaban J connectivity index is 3.15. The number of hydrogen-bond acceptors (Lipinski definition) is 5. The van der Waals surface area contributed by atoms with E-state index in [2.05, 4.69) is 29.1 Å². The Morgan fingerprint density at radius 1 is 1.21 bits per heavy atom. The molecule has 33 heavy (non-hydrogen) atoms. The van der Waals surface area contributed by atoms with Gasteiger partial charge < -0.3 is 31.7 Å². The van der Waals surface area contributed by atoms with Gasteiger partial charge in [0.15, 0.2) is 6.10 Å². The summed E-state index contributed by atoms with van der Waals surface area (Å²) < 4.78 is 0. The Morgan fingerprint density at radius 2 is 1.85 bits per heavy atom. The lowest BCUT2D eigenvalue weighted by atomic mass is 9.85.